The van der Waals surface area contributed by atoms with Gasteiger partial charge in [-0.05, 0) is 38.5 Å². The summed E-state index contributed by atoms with van der Waals surface area (Å²) in [5.74, 6) is -0.172. The summed E-state index contributed by atoms with van der Waals surface area (Å²) >= 11 is 0. The molecule has 0 radical (unpaired) electrons. The summed E-state index contributed by atoms with van der Waals surface area (Å²) in [6.45, 7) is 4.72. The molecular weight excluding hydrogens is 792 g/mol. The first-order chi connectivity index (χ1) is 30.0. The molecule has 0 spiro atoms. The molecule has 62 heavy (non-hydrogen) atoms. The van der Waals surface area contributed by atoms with Crippen LogP contribution in [0.1, 0.15) is 271 Å². The molecule has 0 rings (SSSR count). The summed E-state index contributed by atoms with van der Waals surface area (Å²) in [6, 6.07) is -0.801. The number of allylic oxidation sites excluding steroid dienone is 2. The van der Waals surface area contributed by atoms with Gasteiger partial charge in [-0.15, -0.1) is 0 Å². The summed E-state index contributed by atoms with van der Waals surface area (Å²) in [6.07, 6.45) is 53.9. The first-order valence-corrected chi connectivity index (χ1v) is 28.5. The summed E-state index contributed by atoms with van der Waals surface area (Å²) in [5.41, 5.74) is 0. The van der Waals surface area contributed by atoms with Crippen molar-refractivity contribution >= 4 is 13.7 Å². The van der Waals surface area contributed by atoms with Crippen molar-refractivity contribution in [3.05, 3.63) is 12.2 Å². The molecule has 8 nitrogen and oxygen atoms in total. The lowest BCUT2D eigenvalue weighted by Crippen LogP contribution is -2.46. The number of hydrogen-bond donors (Lipinski definition) is 2. The normalized spacial score (nSPS) is 14.1. The number of quaternary nitrogens is 1. The highest BCUT2D eigenvalue weighted by Crippen LogP contribution is 2.38. The second-order valence-corrected chi connectivity index (χ2v) is 21.4. The van der Waals surface area contributed by atoms with Gasteiger partial charge in [-0.3, -0.25) is 9.36 Å². The third kappa shape index (κ3) is 47.2. The highest BCUT2D eigenvalue weighted by Gasteiger charge is 2.24. The molecule has 0 saturated heterocycles. The zero-order chi connectivity index (χ0) is 45.7. The molecule has 0 fully saturated rings. The zero-order valence-electron chi connectivity index (χ0n) is 42.1. The van der Waals surface area contributed by atoms with Crippen LogP contribution in [0.3, 0.4) is 0 Å². The number of rotatable bonds is 50. The lowest BCUT2D eigenvalue weighted by Gasteiger charge is -2.30. The van der Waals surface area contributed by atoms with Gasteiger partial charge in [0.2, 0.25) is 5.91 Å². The molecule has 0 aliphatic carbocycles. The molecule has 0 heterocycles. The Bertz CT molecular complexity index is 1020. The largest absolute Gasteiger partial charge is 0.756 e. The molecule has 0 aromatic carbocycles. The highest BCUT2D eigenvalue weighted by atomic mass is 31.2. The van der Waals surface area contributed by atoms with Gasteiger partial charge in [0.25, 0.3) is 7.82 Å². The maximum absolute atomic E-state index is 12.9. The van der Waals surface area contributed by atoms with Crippen LogP contribution >= 0.6 is 7.82 Å². The molecular formula is C53H107N2O6P. The number of unbranched alkanes of at least 4 members (excludes halogenated alkanes) is 35. The second-order valence-electron chi connectivity index (χ2n) is 19.9. The molecule has 9 heteroatoms. The van der Waals surface area contributed by atoms with Crippen molar-refractivity contribution in [2.24, 2.45) is 0 Å². The molecule has 1 amide bonds. The topological polar surface area (TPSA) is 108 Å². The van der Waals surface area contributed by atoms with E-state index in [2.05, 4.69) is 31.3 Å². The smallest absolute Gasteiger partial charge is 0.268 e. The van der Waals surface area contributed by atoms with E-state index < -0.39 is 20.0 Å². The van der Waals surface area contributed by atoms with Crippen LogP contribution in [0.2, 0.25) is 0 Å². The fourth-order valence-electron chi connectivity index (χ4n) is 8.21. The fourth-order valence-corrected chi connectivity index (χ4v) is 8.94. The van der Waals surface area contributed by atoms with Crippen LogP contribution in [0.15, 0.2) is 12.2 Å². The van der Waals surface area contributed by atoms with Gasteiger partial charge >= 0.3 is 0 Å². The number of nitrogens with zero attached hydrogens (tertiary/aromatic N) is 1. The highest BCUT2D eigenvalue weighted by molar-refractivity contribution is 7.45. The molecule has 370 valence electrons. The van der Waals surface area contributed by atoms with E-state index >= 15 is 0 Å². The average molecular weight is 899 g/mol. The standard InChI is InChI=1S/C53H107N2O6P/c1-6-8-10-12-14-16-18-20-21-22-23-24-25-26-27-28-29-30-31-32-33-34-35-36-38-40-42-44-46-52(56)51(50-61-62(58,59)60-49-48-55(3,4)5)54-53(57)47-45-43-41-39-37-19-17-15-13-11-9-7-2/h15,17,51-52,56H,6-14,16,18-50H2,1-5H3,(H-,54,57,58,59)/b17-15-. The van der Waals surface area contributed by atoms with Crippen molar-refractivity contribution < 1.29 is 32.9 Å². The van der Waals surface area contributed by atoms with Crippen molar-refractivity contribution in [3.8, 4) is 0 Å². The van der Waals surface area contributed by atoms with E-state index in [9.17, 15) is 19.4 Å². The van der Waals surface area contributed by atoms with Crippen molar-refractivity contribution in [1.29, 1.82) is 0 Å². The van der Waals surface area contributed by atoms with Gasteiger partial charge in [-0.1, -0.05) is 238 Å². The Kier molecular flexibility index (Phi) is 44.8. The number of amides is 1. The number of phosphoric acid groups is 1. The van der Waals surface area contributed by atoms with Crippen LogP contribution in [-0.4, -0.2) is 68.5 Å². The van der Waals surface area contributed by atoms with Crippen LogP contribution in [0.25, 0.3) is 0 Å². The van der Waals surface area contributed by atoms with Crippen molar-refractivity contribution in [3.63, 3.8) is 0 Å². The summed E-state index contributed by atoms with van der Waals surface area (Å²) in [5, 5.41) is 14.0. The van der Waals surface area contributed by atoms with Crippen molar-refractivity contribution in [1.82, 2.24) is 5.32 Å². The Morgan fingerprint density at radius 2 is 0.887 bits per heavy atom. The number of carbonyl (C=O) groups is 1. The van der Waals surface area contributed by atoms with Crippen molar-refractivity contribution in [2.75, 3.05) is 40.9 Å². The van der Waals surface area contributed by atoms with Gasteiger partial charge in [-0.25, -0.2) is 0 Å². The monoisotopic (exact) mass is 899 g/mol. The fraction of sp³-hybridized carbons (Fsp3) is 0.943. The van der Waals surface area contributed by atoms with E-state index in [0.29, 0.717) is 23.9 Å². The lowest BCUT2D eigenvalue weighted by atomic mass is 10.0. The van der Waals surface area contributed by atoms with Gasteiger partial charge in [0.05, 0.1) is 39.9 Å². The average Bonchev–Trinajstić information content (AvgIpc) is 3.23. The van der Waals surface area contributed by atoms with E-state index in [4.69, 9.17) is 9.05 Å². The third-order valence-corrected chi connectivity index (χ3v) is 13.5. The van der Waals surface area contributed by atoms with Gasteiger partial charge in [0.15, 0.2) is 0 Å². The Labute approximate surface area is 386 Å². The lowest BCUT2D eigenvalue weighted by molar-refractivity contribution is -0.870. The first kappa shape index (κ1) is 61.2. The minimum absolute atomic E-state index is 0.0126. The number of phosphoric ester groups is 1. The number of likely N-dealkylation sites (N-methyl/N-ethyl adjacent to an activating group) is 1. The van der Waals surface area contributed by atoms with Gasteiger partial charge < -0.3 is 28.8 Å². The van der Waals surface area contributed by atoms with Gasteiger partial charge in [-0.2, -0.15) is 0 Å². The number of nitrogens with one attached hydrogen (secondary N) is 1. The van der Waals surface area contributed by atoms with Crippen molar-refractivity contribution in [2.45, 2.75) is 283 Å². The summed E-state index contributed by atoms with van der Waals surface area (Å²) in [7, 11) is 1.31. The second kappa shape index (κ2) is 45.4. The van der Waals surface area contributed by atoms with Crippen LogP contribution in [-0.2, 0) is 18.4 Å². The molecule has 2 N–H and O–H groups in total. The quantitative estimate of drug-likeness (QED) is 0.0272. The van der Waals surface area contributed by atoms with E-state index in [0.717, 1.165) is 51.4 Å². The minimum atomic E-state index is -4.57. The predicted molar refractivity (Wildman–Crippen MR) is 266 cm³/mol. The Morgan fingerprint density at radius 1 is 0.548 bits per heavy atom. The minimum Gasteiger partial charge on any atom is -0.756 e. The number of aliphatic hydroxyl groups is 1. The summed E-state index contributed by atoms with van der Waals surface area (Å²) in [4.78, 5) is 25.4. The molecule has 0 bridgehead atoms. The Hall–Kier alpha value is -0.760. The van der Waals surface area contributed by atoms with Gasteiger partial charge in [0, 0.05) is 6.42 Å². The molecule has 0 aliphatic rings. The maximum atomic E-state index is 12.9. The Morgan fingerprint density at radius 3 is 1.29 bits per heavy atom. The van der Waals surface area contributed by atoms with Crippen LogP contribution in [0.5, 0.6) is 0 Å². The Balaban J connectivity index is 4.05. The first-order valence-electron chi connectivity index (χ1n) is 27.0. The molecule has 0 aromatic rings. The van der Waals surface area contributed by atoms with E-state index in [1.54, 1.807) is 0 Å². The zero-order valence-corrected chi connectivity index (χ0v) is 43.0. The molecule has 0 aliphatic heterocycles. The number of carbonyl (C=O) groups excluding carboxylic acids is 1. The summed E-state index contributed by atoms with van der Waals surface area (Å²) < 4.78 is 23.3. The molecule has 3 atom stereocenters. The molecule has 3 unspecified atom stereocenters. The molecule has 0 saturated carbocycles. The van der Waals surface area contributed by atoms with Crippen LogP contribution < -0.4 is 10.2 Å². The van der Waals surface area contributed by atoms with E-state index in [1.807, 2.05) is 21.1 Å². The van der Waals surface area contributed by atoms with E-state index in [1.165, 1.54) is 193 Å². The molecule has 0 aromatic heterocycles. The van der Waals surface area contributed by atoms with Crippen LogP contribution in [0.4, 0.5) is 0 Å². The maximum Gasteiger partial charge on any atom is 0.268 e. The third-order valence-electron chi connectivity index (χ3n) is 12.5. The van der Waals surface area contributed by atoms with Crippen LogP contribution in [0, 0.1) is 0 Å². The predicted octanol–water partition coefficient (Wildman–Crippen LogP) is 15.2. The SMILES string of the molecule is CCCCC/C=C\CCCCCCCC(=O)NC(COP(=O)([O-])OCC[N+](C)(C)C)C(O)CCCCCCCCCCCCCCCCCCCCCCCCCCCCCC. The van der Waals surface area contributed by atoms with E-state index in [-0.39, 0.29) is 19.1 Å². The van der Waals surface area contributed by atoms with Gasteiger partial charge in [0.1, 0.15) is 13.2 Å². The number of hydrogen-bond acceptors (Lipinski definition) is 6. The number of aliphatic hydroxyl groups excluding tert-OH is 1.